The average molecular weight is 270 g/mol. The summed E-state index contributed by atoms with van der Waals surface area (Å²) in [5.41, 5.74) is 8.89. The summed E-state index contributed by atoms with van der Waals surface area (Å²) in [5.74, 6) is 1.39. The zero-order valence-electron chi connectivity index (χ0n) is 10.6. The molecule has 5 heteroatoms. The molecule has 3 aromatic rings. The first-order chi connectivity index (χ1) is 9.20. The first-order valence-electron chi connectivity index (χ1n) is 6.41. The van der Waals surface area contributed by atoms with Gasteiger partial charge in [0.15, 0.2) is 0 Å². The van der Waals surface area contributed by atoms with E-state index in [-0.39, 0.29) is 0 Å². The highest BCUT2D eigenvalue weighted by atomic mass is 32.1. The lowest BCUT2D eigenvalue weighted by molar-refractivity contribution is 0.782. The zero-order chi connectivity index (χ0) is 13.0. The molecular formula is C14H14N4S. The molecule has 0 unspecified atom stereocenters. The number of fused-ring (bicyclic) bond motifs is 1. The van der Waals surface area contributed by atoms with Gasteiger partial charge in [-0.15, -0.1) is 11.3 Å². The van der Waals surface area contributed by atoms with Gasteiger partial charge in [-0.3, -0.25) is 4.68 Å². The third-order valence-electron chi connectivity index (χ3n) is 3.54. The molecule has 1 aliphatic carbocycles. The number of aryl methyl sites for hydroxylation is 1. The quantitative estimate of drug-likeness (QED) is 0.778. The molecule has 2 N–H and O–H groups in total. The van der Waals surface area contributed by atoms with Gasteiger partial charge in [0.1, 0.15) is 5.82 Å². The van der Waals surface area contributed by atoms with Gasteiger partial charge in [0.2, 0.25) is 0 Å². The lowest BCUT2D eigenvalue weighted by atomic mass is 10.1. The Kier molecular flexibility index (Phi) is 2.20. The van der Waals surface area contributed by atoms with Crippen LogP contribution in [0.2, 0.25) is 0 Å². The molecule has 0 aliphatic heterocycles. The molecule has 96 valence electrons. The molecule has 0 saturated heterocycles. The molecule has 0 spiro atoms. The average Bonchev–Trinajstić information content (AvgIpc) is 3.08. The fraction of sp³-hybridized carbons (Fsp3) is 0.286. The summed E-state index contributed by atoms with van der Waals surface area (Å²) in [6.45, 7) is 0. The van der Waals surface area contributed by atoms with E-state index in [0.717, 1.165) is 16.8 Å². The van der Waals surface area contributed by atoms with Gasteiger partial charge in [-0.05, 0) is 25.0 Å². The summed E-state index contributed by atoms with van der Waals surface area (Å²) in [6.07, 6.45) is 2.59. The Labute approximate surface area is 114 Å². The summed E-state index contributed by atoms with van der Waals surface area (Å²) in [4.78, 5) is 4.74. The highest BCUT2D eigenvalue weighted by Crippen LogP contribution is 2.43. The number of hydrogen-bond donors (Lipinski definition) is 1. The van der Waals surface area contributed by atoms with Crippen LogP contribution in [0.4, 0.5) is 5.82 Å². The van der Waals surface area contributed by atoms with Gasteiger partial charge >= 0.3 is 0 Å². The van der Waals surface area contributed by atoms with E-state index in [9.17, 15) is 0 Å². The van der Waals surface area contributed by atoms with Gasteiger partial charge in [-0.2, -0.15) is 5.10 Å². The third kappa shape index (κ3) is 1.81. The summed E-state index contributed by atoms with van der Waals surface area (Å²) in [6, 6.07) is 8.24. The minimum atomic E-state index is 0.673. The molecule has 1 aromatic carbocycles. The van der Waals surface area contributed by atoms with Crippen molar-refractivity contribution in [2.45, 2.75) is 18.8 Å². The number of nitrogens with zero attached hydrogens (tertiary/aromatic N) is 3. The van der Waals surface area contributed by atoms with Crippen molar-refractivity contribution in [3.63, 3.8) is 0 Å². The standard InChI is InChI=1S/C14H14N4S/c1-18-13(15)7-10(17-18)9-4-5-12-11(6-9)16-14(19-12)8-2-3-8/h4-8H,2-3,15H2,1H3. The van der Waals surface area contributed by atoms with Crippen LogP contribution >= 0.6 is 11.3 Å². The largest absolute Gasteiger partial charge is 0.384 e. The fourth-order valence-electron chi connectivity index (χ4n) is 2.23. The van der Waals surface area contributed by atoms with Gasteiger partial charge in [0.05, 0.1) is 20.9 Å². The molecule has 2 aromatic heterocycles. The van der Waals surface area contributed by atoms with Crippen molar-refractivity contribution in [1.82, 2.24) is 14.8 Å². The number of nitrogen functional groups attached to an aromatic ring is 1. The van der Waals surface area contributed by atoms with Crippen LogP contribution in [0.15, 0.2) is 24.3 Å². The molecule has 2 heterocycles. The molecule has 0 atom stereocenters. The lowest BCUT2D eigenvalue weighted by Gasteiger charge is -1.95. The molecule has 4 nitrogen and oxygen atoms in total. The van der Waals surface area contributed by atoms with E-state index in [1.54, 1.807) is 4.68 Å². The Morgan fingerprint density at radius 2 is 2.16 bits per heavy atom. The van der Waals surface area contributed by atoms with E-state index in [1.807, 2.05) is 24.5 Å². The second kappa shape index (κ2) is 3.81. The molecule has 0 bridgehead atoms. The fourth-order valence-corrected chi connectivity index (χ4v) is 3.35. The highest BCUT2D eigenvalue weighted by molar-refractivity contribution is 7.18. The van der Waals surface area contributed by atoms with Crippen molar-refractivity contribution in [3.05, 3.63) is 29.3 Å². The molecule has 4 rings (SSSR count). The van der Waals surface area contributed by atoms with Gasteiger partial charge in [0, 0.05) is 24.6 Å². The van der Waals surface area contributed by atoms with Crippen LogP contribution in [-0.2, 0) is 7.05 Å². The number of thiazole rings is 1. The summed E-state index contributed by atoms with van der Waals surface area (Å²) in [5, 5.41) is 5.69. The number of benzene rings is 1. The maximum atomic E-state index is 5.83. The van der Waals surface area contributed by atoms with Crippen molar-refractivity contribution in [2.24, 2.45) is 7.05 Å². The number of anilines is 1. The number of hydrogen-bond acceptors (Lipinski definition) is 4. The molecule has 1 aliphatic rings. The van der Waals surface area contributed by atoms with Crippen LogP contribution in [-0.4, -0.2) is 14.8 Å². The van der Waals surface area contributed by atoms with Crippen LogP contribution in [0, 0.1) is 0 Å². The van der Waals surface area contributed by atoms with Crippen molar-refractivity contribution in [3.8, 4) is 11.3 Å². The van der Waals surface area contributed by atoms with Crippen molar-refractivity contribution in [2.75, 3.05) is 5.73 Å². The Bertz CT molecular complexity index is 747. The third-order valence-corrected chi connectivity index (χ3v) is 4.74. The zero-order valence-corrected chi connectivity index (χ0v) is 11.4. The Balaban J connectivity index is 1.82. The number of aromatic nitrogens is 3. The second-order valence-electron chi connectivity index (χ2n) is 5.09. The Morgan fingerprint density at radius 3 is 2.84 bits per heavy atom. The van der Waals surface area contributed by atoms with Crippen molar-refractivity contribution >= 4 is 27.4 Å². The van der Waals surface area contributed by atoms with Gasteiger partial charge in [-0.1, -0.05) is 6.07 Å². The van der Waals surface area contributed by atoms with Crippen molar-refractivity contribution in [1.29, 1.82) is 0 Å². The van der Waals surface area contributed by atoms with Crippen molar-refractivity contribution < 1.29 is 0 Å². The summed E-state index contributed by atoms with van der Waals surface area (Å²) >= 11 is 1.82. The van der Waals surface area contributed by atoms with E-state index in [4.69, 9.17) is 10.7 Å². The van der Waals surface area contributed by atoms with E-state index >= 15 is 0 Å². The van der Waals surface area contributed by atoms with Crippen LogP contribution in [0.5, 0.6) is 0 Å². The van der Waals surface area contributed by atoms with Crippen LogP contribution in [0.25, 0.3) is 21.5 Å². The molecule has 1 saturated carbocycles. The minimum absolute atomic E-state index is 0.673. The predicted octanol–water partition coefficient (Wildman–Crippen LogP) is 3.16. The van der Waals surface area contributed by atoms with Gasteiger partial charge < -0.3 is 5.73 Å². The van der Waals surface area contributed by atoms with E-state index in [0.29, 0.717) is 11.7 Å². The van der Waals surface area contributed by atoms with Gasteiger partial charge in [0.25, 0.3) is 0 Å². The maximum Gasteiger partial charge on any atom is 0.121 e. The minimum Gasteiger partial charge on any atom is -0.384 e. The lowest BCUT2D eigenvalue weighted by Crippen LogP contribution is -1.96. The normalized spacial score (nSPS) is 15.2. The van der Waals surface area contributed by atoms with E-state index in [2.05, 4.69) is 23.3 Å². The first-order valence-corrected chi connectivity index (χ1v) is 7.23. The maximum absolute atomic E-state index is 5.83. The Morgan fingerprint density at radius 1 is 1.32 bits per heavy atom. The summed E-state index contributed by atoms with van der Waals surface area (Å²) < 4.78 is 2.95. The Hall–Kier alpha value is -1.88. The highest BCUT2D eigenvalue weighted by Gasteiger charge is 2.27. The molecule has 0 amide bonds. The predicted molar refractivity (Wildman–Crippen MR) is 78.2 cm³/mol. The molecule has 0 radical (unpaired) electrons. The molecular weight excluding hydrogens is 256 g/mol. The van der Waals surface area contributed by atoms with E-state index in [1.165, 1.54) is 22.5 Å². The van der Waals surface area contributed by atoms with Gasteiger partial charge in [-0.25, -0.2) is 4.98 Å². The monoisotopic (exact) mass is 270 g/mol. The molecule has 19 heavy (non-hydrogen) atoms. The van der Waals surface area contributed by atoms with Crippen LogP contribution in [0.1, 0.15) is 23.8 Å². The summed E-state index contributed by atoms with van der Waals surface area (Å²) in [7, 11) is 1.85. The van der Waals surface area contributed by atoms with Crippen LogP contribution < -0.4 is 5.73 Å². The number of rotatable bonds is 2. The number of nitrogens with two attached hydrogens (primary N) is 1. The topological polar surface area (TPSA) is 56.7 Å². The SMILES string of the molecule is Cn1nc(-c2ccc3sc(C4CC4)nc3c2)cc1N. The van der Waals surface area contributed by atoms with E-state index < -0.39 is 0 Å². The smallest absolute Gasteiger partial charge is 0.121 e. The molecule has 1 fully saturated rings. The first kappa shape index (κ1) is 11.0. The van der Waals surface area contributed by atoms with Crippen LogP contribution in [0.3, 0.4) is 0 Å². The second-order valence-corrected chi connectivity index (χ2v) is 6.15.